The maximum absolute atomic E-state index is 5.42. The molecular weight excluding hydrogens is 474 g/mol. The second kappa shape index (κ2) is 10.1. The van der Waals surface area contributed by atoms with Gasteiger partial charge in [0.15, 0.2) is 11.5 Å². The van der Waals surface area contributed by atoms with Crippen molar-refractivity contribution in [2.75, 3.05) is 32.0 Å². The smallest absolute Gasteiger partial charge is 0.229 e. The van der Waals surface area contributed by atoms with Gasteiger partial charge in [0.25, 0.3) is 0 Å². The number of nitrogens with zero attached hydrogens (tertiary/aromatic N) is 2. The van der Waals surface area contributed by atoms with Gasteiger partial charge in [0, 0.05) is 42.3 Å². The Morgan fingerprint density at radius 2 is 1.72 bits per heavy atom. The molecule has 0 amide bonds. The minimum absolute atomic E-state index is 0.429. The van der Waals surface area contributed by atoms with E-state index in [4.69, 9.17) is 14.2 Å². The minimum Gasteiger partial charge on any atom is -0.493 e. The van der Waals surface area contributed by atoms with E-state index in [0.29, 0.717) is 40.7 Å². The van der Waals surface area contributed by atoms with E-state index in [1.807, 2.05) is 18.2 Å². The first-order chi connectivity index (χ1) is 15.6. The van der Waals surface area contributed by atoms with E-state index in [0.717, 1.165) is 16.7 Å². The Kier molecular flexibility index (Phi) is 6.96. The zero-order valence-corrected chi connectivity index (χ0v) is 19.8. The van der Waals surface area contributed by atoms with Gasteiger partial charge >= 0.3 is 0 Å². The summed E-state index contributed by atoms with van der Waals surface area (Å²) in [6.07, 6.45) is 4.22. The van der Waals surface area contributed by atoms with Crippen molar-refractivity contribution in [3.63, 3.8) is 0 Å². The fourth-order valence-electron chi connectivity index (χ4n) is 3.26. The standard InChI is InChI=1S/C23H26BrN5O3/c1-30-19-10-16(11-20(31-2)21(19)32-3)27-23-26-13-17(24)22(29-23)28-18-7-5-4-6-14(18)12-25-15-8-9-15/h4-7,10-11,13,15,25H,8-9,12H2,1-3H3,(H2,26,27,28,29). The van der Waals surface area contributed by atoms with Crippen LogP contribution in [-0.2, 0) is 6.54 Å². The van der Waals surface area contributed by atoms with Gasteiger partial charge in [-0.25, -0.2) is 4.98 Å². The Balaban J connectivity index is 1.56. The van der Waals surface area contributed by atoms with Crippen LogP contribution in [0.15, 0.2) is 47.1 Å². The van der Waals surface area contributed by atoms with Crippen LogP contribution in [0.3, 0.4) is 0 Å². The Labute approximate surface area is 195 Å². The Hall–Kier alpha value is -3.04. The first-order valence-corrected chi connectivity index (χ1v) is 11.1. The van der Waals surface area contributed by atoms with Crippen molar-refractivity contribution in [2.45, 2.75) is 25.4 Å². The van der Waals surface area contributed by atoms with Crippen LogP contribution in [0.1, 0.15) is 18.4 Å². The van der Waals surface area contributed by atoms with E-state index in [9.17, 15) is 0 Å². The van der Waals surface area contributed by atoms with E-state index in [2.05, 4.69) is 47.9 Å². The molecule has 0 spiro atoms. The van der Waals surface area contributed by atoms with Gasteiger partial charge in [-0.2, -0.15) is 4.98 Å². The number of hydrogen-bond acceptors (Lipinski definition) is 8. The third-order valence-corrected chi connectivity index (χ3v) is 5.67. The summed E-state index contributed by atoms with van der Waals surface area (Å²) in [7, 11) is 4.73. The summed E-state index contributed by atoms with van der Waals surface area (Å²) in [5.74, 6) is 2.70. The molecule has 4 rings (SSSR count). The maximum Gasteiger partial charge on any atom is 0.229 e. The van der Waals surface area contributed by atoms with Crippen molar-refractivity contribution in [2.24, 2.45) is 0 Å². The van der Waals surface area contributed by atoms with Gasteiger partial charge in [0.05, 0.1) is 25.8 Å². The predicted molar refractivity (Wildman–Crippen MR) is 129 cm³/mol. The summed E-state index contributed by atoms with van der Waals surface area (Å²) < 4.78 is 17.0. The van der Waals surface area contributed by atoms with Crippen molar-refractivity contribution in [1.29, 1.82) is 0 Å². The van der Waals surface area contributed by atoms with Crippen molar-refractivity contribution in [3.8, 4) is 17.2 Å². The molecule has 3 N–H and O–H groups in total. The van der Waals surface area contributed by atoms with Gasteiger partial charge < -0.3 is 30.2 Å². The van der Waals surface area contributed by atoms with Crippen molar-refractivity contribution < 1.29 is 14.2 Å². The van der Waals surface area contributed by atoms with Crippen molar-refractivity contribution in [3.05, 3.63) is 52.6 Å². The first kappa shape index (κ1) is 22.2. The molecule has 8 nitrogen and oxygen atoms in total. The highest BCUT2D eigenvalue weighted by molar-refractivity contribution is 9.10. The largest absolute Gasteiger partial charge is 0.493 e. The van der Waals surface area contributed by atoms with Gasteiger partial charge in [0.1, 0.15) is 5.82 Å². The Morgan fingerprint density at radius 3 is 2.38 bits per heavy atom. The van der Waals surface area contributed by atoms with Gasteiger partial charge in [-0.3, -0.25) is 0 Å². The summed E-state index contributed by atoms with van der Waals surface area (Å²) in [4.78, 5) is 9.04. The van der Waals surface area contributed by atoms with Crippen LogP contribution < -0.4 is 30.2 Å². The van der Waals surface area contributed by atoms with Gasteiger partial charge in [-0.05, 0) is 40.4 Å². The number of aromatic nitrogens is 2. The van der Waals surface area contributed by atoms with Crippen LogP contribution >= 0.6 is 15.9 Å². The molecule has 32 heavy (non-hydrogen) atoms. The second-order valence-electron chi connectivity index (χ2n) is 7.37. The topological polar surface area (TPSA) is 89.6 Å². The molecule has 1 heterocycles. The zero-order valence-electron chi connectivity index (χ0n) is 18.2. The molecule has 1 fully saturated rings. The molecule has 3 aromatic rings. The number of methoxy groups -OCH3 is 3. The third-order valence-electron chi connectivity index (χ3n) is 5.09. The first-order valence-electron chi connectivity index (χ1n) is 10.3. The Morgan fingerprint density at radius 1 is 1.00 bits per heavy atom. The summed E-state index contributed by atoms with van der Waals surface area (Å²) >= 11 is 3.55. The maximum atomic E-state index is 5.42. The fraction of sp³-hybridized carbons (Fsp3) is 0.304. The van der Waals surface area contributed by atoms with Gasteiger partial charge in [0.2, 0.25) is 11.7 Å². The Bertz CT molecular complexity index is 1070. The molecule has 9 heteroatoms. The summed E-state index contributed by atoms with van der Waals surface area (Å²) in [6.45, 7) is 0.813. The average Bonchev–Trinajstić information content (AvgIpc) is 3.64. The lowest BCUT2D eigenvalue weighted by atomic mass is 10.1. The van der Waals surface area contributed by atoms with Gasteiger partial charge in [-0.15, -0.1) is 0 Å². The number of benzene rings is 2. The molecule has 0 radical (unpaired) electrons. The number of anilines is 4. The minimum atomic E-state index is 0.429. The normalized spacial score (nSPS) is 12.9. The van der Waals surface area contributed by atoms with E-state index in [1.54, 1.807) is 39.7 Å². The number of rotatable bonds is 10. The van der Waals surface area contributed by atoms with Crippen molar-refractivity contribution >= 4 is 39.1 Å². The lowest BCUT2D eigenvalue weighted by molar-refractivity contribution is 0.324. The van der Waals surface area contributed by atoms with Crippen molar-refractivity contribution in [1.82, 2.24) is 15.3 Å². The third kappa shape index (κ3) is 5.23. The van der Waals surface area contributed by atoms with Crippen LogP contribution in [0.2, 0.25) is 0 Å². The lowest BCUT2D eigenvalue weighted by Gasteiger charge is -2.16. The van der Waals surface area contributed by atoms with Crippen LogP contribution in [-0.4, -0.2) is 37.3 Å². The van der Waals surface area contributed by atoms with E-state index in [1.165, 1.54) is 18.4 Å². The second-order valence-corrected chi connectivity index (χ2v) is 8.22. The number of hydrogen-bond donors (Lipinski definition) is 3. The van der Waals surface area contributed by atoms with E-state index < -0.39 is 0 Å². The summed E-state index contributed by atoms with van der Waals surface area (Å²) in [5.41, 5.74) is 2.89. The molecule has 0 aliphatic heterocycles. The zero-order chi connectivity index (χ0) is 22.5. The molecule has 0 bridgehead atoms. The number of nitrogens with one attached hydrogen (secondary N) is 3. The number of para-hydroxylation sites is 1. The molecule has 2 aromatic carbocycles. The molecular formula is C23H26BrN5O3. The molecule has 168 valence electrons. The van der Waals surface area contributed by atoms with Crippen LogP contribution in [0.4, 0.5) is 23.1 Å². The molecule has 1 aromatic heterocycles. The molecule has 0 unspecified atom stereocenters. The van der Waals surface area contributed by atoms with Crippen LogP contribution in [0.25, 0.3) is 0 Å². The monoisotopic (exact) mass is 499 g/mol. The lowest BCUT2D eigenvalue weighted by Crippen LogP contribution is -2.16. The quantitative estimate of drug-likeness (QED) is 0.358. The van der Waals surface area contributed by atoms with Crippen LogP contribution in [0, 0.1) is 0 Å². The highest BCUT2D eigenvalue weighted by Gasteiger charge is 2.20. The summed E-state index contributed by atoms with van der Waals surface area (Å²) in [6, 6.07) is 12.5. The number of ether oxygens (including phenoxy) is 3. The molecule has 1 saturated carbocycles. The molecule has 0 saturated heterocycles. The summed E-state index contributed by atoms with van der Waals surface area (Å²) in [5, 5.41) is 10.2. The SMILES string of the molecule is COc1cc(Nc2ncc(Br)c(Nc3ccccc3CNC3CC3)n2)cc(OC)c1OC. The highest BCUT2D eigenvalue weighted by atomic mass is 79.9. The number of halogens is 1. The highest BCUT2D eigenvalue weighted by Crippen LogP contribution is 2.40. The van der Waals surface area contributed by atoms with E-state index in [-0.39, 0.29) is 0 Å². The molecule has 1 aliphatic rings. The van der Waals surface area contributed by atoms with E-state index >= 15 is 0 Å². The van der Waals surface area contributed by atoms with Gasteiger partial charge in [-0.1, -0.05) is 18.2 Å². The molecule has 0 atom stereocenters. The van der Waals surface area contributed by atoms with Crippen LogP contribution in [0.5, 0.6) is 17.2 Å². The fourth-order valence-corrected chi connectivity index (χ4v) is 3.55. The average molecular weight is 500 g/mol. The predicted octanol–water partition coefficient (Wildman–Crippen LogP) is 5.00. The molecule has 1 aliphatic carbocycles.